The number of aryl methyl sites for hydroxylation is 1. The third kappa shape index (κ3) is 3.36. The molecule has 4 rings (SSSR count). The summed E-state index contributed by atoms with van der Waals surface area (Å²) in [5.74, 6) is 0.543. The van der Waals surface area contributed by atoms with Gasteiger partial charge in [-0.15, -0.1) is 0 Å². The van der Waals surface area contributed by atoms with E-state index in [0.29, 0.717) is 19.0 Å². The maximum Gasteiger partial charge on any atom is 0.251 e. The molecule has 0 radical (unpaired) electrons. The Bertz CT molecular complexity index is 867. The van der Waals surface area contributed by atoms with Crippen LogP contribution in [-0.4, -0.2) is 33.4 Å². The first-order valence-corrected chi connectivity index (χ1v) is 9.05. The van der Waals surface area contributed by atoms with E-state index in [1.807, 2.05) is 40.7 Å². The molecule has 0 spiro atoms. The normalized spacial score (nSPS) is 17.1. The third-order valence-electron chi connectivity index (χ3n) is 5.16. The first-order chi connectivity index (χ1) is 12.1. The van der Waals surface area contributed by atoms with Gasteiger partial charge in [0, 0.05) is 42.9 Å². The summed E-state index contributed by atoms with van der Waals surface area (Å²) in [4.78, 5) is 31.4. The SMILES string of the molecule is Cc1cccc(Cn2c3c(ccc2=O)CCN(C(=O)C2CC2)CC3)n1. The van der Waals surface area contributed by atoms with Crippen LogP contribution in [0, 0.1) is 12.8 Å². The molecule has 130 valence electrons. The summed E-state index contributed by atoms with van der Waals surface area (Å²) in [6, 6.07) is 9.47. The van der Waals surface area contributed by atoms with E-state index < -0.39 is 0 Å². The quantitative estimate of drug-likeness (QED) is 0.860. The number of rotatable bonds is 3. The highest BCUT2D eigenvalue weighted by Crippen LogP contribution is 2.31. The van der Waals surface area contributed by atoms with E-state index >= 15 is 0 Å². The lowest BCUT2D eigenvalue weighted by Gasteiger charge is -2.20. The van der Waals surface area contributed by atoms with Crippen molar-refractivity contribution in [1.82, 2.24) is 14.5 Å². The Morgan fingerprint density at radius 1 is 1.16 bits per heavy atom. The minimum Gasteiger partial charge on any atom is -0.342 e. The molecule has 5 heteroatoms. The smallest absolute Gasteiger partial charge is 0.251 e. The first kappa shape index (κ1) is 16.1. The molecule has 0 saturated heterocycles. The van der Waals surface area contributed by atoms with Gasteiger partial charge < -0.3 is 9.47 Å². The number of aromatic nitrogens is 2. The van der Waals surface area contributed by atoms with Crippen molar-refractivity contribution < 1.29 is 4.79 Å². The molecule has 1 fully saturated rings. The second kappa shape index (κ2) is 6.47. The fourth-order valence-electron chi connectivity index (χ4n) is 3.63. The lowest BCUT2D eigenvalue weighted by molar-refractivity contribution is -0.132. The number of hydrogen-bond acceptors (Lipinski definition) is 3. The van der Waals surface area contributed by atoms with E-state index in [2.05, 4.69) is 4.98 Å². The molecule has 0 bridgehead atoms. The van der Waals surface area contributed by atoms with Crippen molar-refractivity contribution >= 4 is 5.91 Å². The predicted molar refractivity (Wildman–Crippen MR) is 95.5 cm³/mol. The molecule has 3 heterocycles. The highest BCUT2D eigenvalue weighted by molar-refractivity contribution is 5.81. The molecule has 2 aromatic rings. The number of fused-ring (bicyclic) bond motifs is 1. The van der Waals surface area contributed by atoms with Crippen molar-refractivity contribution in [2.24, 2.45) is 5.92 Å². The van der Waals surface area contributed by atoms with Gasteiger partial charge in [-0.3, -0.25) is 14.6 Å². The van der Waals surface area contributed by atoms with Crippen molar-refractivity contribution in [2.45, 2.75) is 39.2 Å². The van der Waals surface area contributed by atoms with E-state index in [9.17, 15) is 9.59 Å². The van der Waals surface area contributed by atoms with Gasteiger partial charge in [-0.25, -0.2) is 0 Å². The van der Waals surface area contributed by atoms with Gasteiger partial charge in [-0.05, 0) is 43.9 Å². The van der Waals surface area contributed by atoms with Crippen LogP contribution >= 0.6 is 0 Å². The average Bonchev–Trinajstić information content (AvgIpc) is 3.43. The molecule has 5 nitrogen and oxygen atoms in total. The Labute approximate surface area is 147 Å². The number of pyridine rings is 2. The van der Waals surface area contributed by atoms with E-state index in [-0.39, 0.29) is 11.5 Å². The van der Waals surface area contributed by atoms with Crippen LogP contribution in [0.2, 0.25) is 0 Å². The lowest BCUT2D eigenvalue weighted by Crippen LogP contribution is -2.34. The molecule has 1 aliphatic heterocycles. The van der Waals surface area contributed by atoms with Gasteiger partial charge >= 0.3 is 0 Å². The number of carbonyl (C=O) groups is 1. The topological polar surface area (TPSA) is 55.2 Å². The van der Waals surface area contributed by atoms with Gasteiger partial charge in [-0.2, -0.15) is 0 Å². The summed E-state index contributed by atoms with van der Waals surface area (Å²) in [7, 11) is 0. The zero-order valence-electron chi connectivity index (χ0n) is 14.6. The Morgan fingerprint density at radius 3 is 2.72 bits per heavy atom. The van der Waals surface area contributed by atoms with E-state index in [1.54, 1.807) is 6.07 Å². The molecule has 0 atom stereocenters. The number of amides is 1. The Morgan fingerprint density at radius 2 is 1.96 bits per heavy atom. The lowest BCUT2D eigenvalue weighted by atomic mass is 10.1. The standard InChI is InChI=1S/C20H23N3O2/c1-14-3-2-4-17(21-14)13-23-18-10-12-22(20(25)16-5-6-16)11-9-15(18)7-8-19(23)24/h2-4,7-8,16H,5-6,9-13H2,1H3. The minimum atomic E-state index is 0.00373. The summed E-state index contributed by atoms with van der Waals surface area (Å²) >= 11 is 0. The molecule has 2 aliphatic rings. The zero-order valence-corrected chi connectivity index (χ0v) is 14.6. The molecule has 1 saturated carbocycles. The Kier molecular flexibility index (Phi) is 4.15. The van der Waals surface area contributed by atoms with Crippen LogP contribution < -0.4 is 5.56 Å². The maximum atomic E-state index is 12.5. The molecule has 1 amide bonds. The van der Waals surface area contributed by atoms with E-state index in [1.165, 1.54) is 5.56 Å². The summed E-state index contributed by atoms with van der Waals surface area (Å²) < 4.78 is 1.84. The highest BCUT2D eigenvalue weighted by Gasteiger charge is 2.34. The predicted octanol–water partition coefficient (Wildman–Crippen LogP) is 1.94. The van der Waals surface area contributed by atoms with Crippen molar-refractivity contribution in [3.8, 4) is 0 Å². The van der Waals surface area contributed by atoms with Crippen LogP contribution in [0.5, 0.6) is 0 Å². The van der Waals surface area contributed by atoms with Gasteiger partial charge in [0.05, 0.1) is 12.2 Å². The second-order valence-corrected chi connectivity index (χ2v) is 7.10. The molecule has 1 aliphatic carbocycles. The van der Waals surface area contributed by atoms with E-state index in [0.717, 1.165) is 49.3 Å². The highest BCUT2D eigenvalue weighted by atomic mass is 16.2. The molecule has 0 aromatic carbocycles. The third-order valence-corrected chi connectivity index (χ3v) is 5.16. The maximum absolute atomic E-state index is 12.5. The van der Waals surface area contributed by atoms with Crippen molar-refractivity contribution in [1.29, 1.82) is 0 Å². The van der Waals surface area contributed by atoms with Gasteiger partial charge in [0.1, 0.15) is 0 Å². The summed E-state index contributed by atoms with van der Waals surface area (Å²) in [5, 5.41) is 0. The average molecular weight is 337 g/mol. The van der Waals surface area contributed by atoms with Crippen LogP contribution in [0.1, 0.15) is 35.5 Å². The van der Waals surface area contributed by atoms with Gasteiger partial charge in [0.15, 0.2) is 0 Å². The van der Waals surface area contributed by atoms with Gasteiger partial charge in [0.2, 0.25) is 5.91 Å². The second-order valence-electron chi connectivity index (χ2n) is 7.10. The zero-order chi connectivity index (χ0) is 17.4. The molecule has 0 unspecified atom stereocenters. The monoisotopic (exact) mass is 337 g/mol. The van der Waals surface area contributed by atoms with Crippen LogP contribution in [0.4, 0.5) is 0 Å². The number of hydrogen-bond donors (Lipinski definition) is 0. The van der Waals surface area contributed by atoms with Crippen LogP contribution in [0.3, 0.4) is 0 Å². The van der Waals surface area contributed by atoms with Crippen molar-refractivity contribution in [3.63, 3.8) is 0 Å². The first-order valence-electron chi connectivity index (χ1n) is 9.05. The van der Waals surface area contributed by atoms with Crippen LogP contribution in [-0.2, 0) is 24.2 Å². The fraction of sp³-hybridized carbons (Fsp3) is 0.450. The summed E-state index contributed by atoms with van der Waals surface area (Å²) in [6.07, 6.45) is 3.61. The Balaban J connectivity index is 1.62. The van der Waals surface area contributed by atoms with Gasteiger partial charge in [0.25, 0.3) is 5.56 Å². The minimum absolute atomic E-state index is 0.00373. The summed E-state index contributed by atoms with van der Waals surface area (Å²) in [5.41, 5.74) is 4.09. The van der Waals surface area contributed by atoms with E-state index in [4.69, 9.17) is 0 Å². The molecule has 25 heavy (non-hydrogen) atoms. The van der Waals surface area contributed by atoms with Gasteiger partial charge in [-0.1, -0.05) is 12.1 Å². The number of carbonyl (C=O) groups excluding carboxylic acids is 1. The molecular formula is C20H23N3O2. The molecule has 0 N–H and O–H groups in total. The summed E-state index contributed by atoms with van der Waals surface area (Å²) in [6.45, 7) is 3.90. The molecule has 2 aromatic heterocycles. The molecular weight excluding hydrogens is 314 g/mol. The van der Waals surface area contributed by atoms with Crippen LogP contribution in [0.25, 0.3) is 0 Å². The van der Waals surface area contributed by atoms with Crippen LogP contribution in [0.15, 0.2) is 35.1 Å². The fourth-order valence-corrected chi connectivity index (χ4v) is 3.63. The Hall–Kier alpha value is -2.43. The van der Waals surface area contributed by atoms with Crippen molar-refractivity contribution in [2.75, 3.05) is 13.1 Å². The largest absolute Gasteiger partial charge is 0.342 e. The van der Waals surface area contributed by atoms with Crippen molar-refractivity contribution in [3.05, 3.63) is 63.3 Å². The number of nitrogens with zero attached hydrogens (tertiary/aromatic N) is 3.